The van der Waals surface area contributed by atoms with Crippen LogP contribution < -0.4 is 0 Å². The van der Waals surface area contributed by atoms with Gasteiger partial charge in [-0.3, -0.25) is 20.2 Å². The Morgan fingerprint density at radius 1 is 0.700 bits per heavy atom. The van der Waals surface area contributed by atoms with Gasteiger partial charge in [0.05, 0.1) is 11.6 Å². The van der Waals surface area contributed by atoms with Crippen molar-refractivity contribution in [3.8, 4) is 11.6 Å². The Labute approximate surface area is 191 Å². The summed E-state index contributed by atoms with van der Waals surface area (Å²) >= 11 is 0. The summed E-state index contributed by atoms with van der Waals surface area (Å²) in [6, 6.07) is 11.9. The van der Waals surface area contributed by atoms with E-state index < -0.39 is 5.41 Å². The Morgan fingerprint density at radius 3 is 1.43 bits per heavy atom. The Bertz CT molecular complexity index is 1060. The molecule has 0 unspecified atom stereocenters. The molecule has 0 aliphatic rings. The molecule has 0 bridgehead atoms. The molecule has 30 heavy (non-hydrogen) atoms. The topological polar surface area (TPSA) is 61.4 Å². The van der Waals surface area contributed by atoms with Crippen molar-refractivity contribution in [2.45, 2.75) is 47.0 Å². The average Bonchev–Trinajstić information content (AvgIpc) is 3.23. The first kappa shape index (κ1) is 22.1. The molecular weight excluding hydrogens is 555 g/mol. The molecule has 0 aliphatic carbocycles. The van der Waals surface area contributed by atoms with E-state index >= 15 is 0 Å². The number of pyridine rings is 2. The minimum atomic E-state index is -0.402. The first-order valence-electron chi connectivity index (χ1n) is 9.62. The number of aromatic nitrogens is 6. The summed E-state index contributed by atoms with van der Waals surface area (Å²) in [5.74, 6) is 1.49. The van der Waals surface area contributed by atoms with Gasteiger partial charge in [-0.25, -0.2) is 0 Å². The Morgan fingerprint density at radius 2 is 1.10 bits per heavy atom. The smallest absolute Gasteiger partial charge is 0.343 e. The molecule has 0 atom stereocenters. The van der Waals surface area contributed by atoms with Crippen LogP contribution in [-0.2, 0) is 26.5 Å². The van der Waals surface area contributed by atoms with Crippen molar-refractivity contribution in [1.82, 2.24) is 29.5 Å². The molecule has 0 spiro atoms. The van der Waals surface area contributed by atoms with E-state index in [2.05, 4.69) is 36.4 Å². The van der Waals surface area contributed by atoms with Crippen LogP contribution in [0.15, 0.2) is 36.4 Å². The van der Waals surface area contributed by atoms with Crippen LogP contribution in [0, 0.1) is 40.1 Å². The minimum absolute atomic E-state index is 0. The second-order valence-electron chi connectivity index (χ2n) is 7.86. The van der Waals surface area contributed by atoms with Gasteiger partial charge >= 0.3 is 21.1 Å². The first-order chi connectivity index (χ1) is 13.8. The number of aryl methyl sites for hydroxylation is 4. The standard InChI is InChI=1S/C23H24N6.Pt/c1-15-13-28(26-17(15)3)21-11-7-9-19(24-21)23(5,6)20-10-8-12-22(25-20)29-14-16(2)18(4)27-29;/h7-12H,1-6H3;/q-2;+2. The van der Waals surface area contributed by atoms with E-state index in [1.165, 1.54) is 0 Å². The van der Waals surface area contributed by atoms with Crippen LogP contribution in [0.1, 0.15) is 47.8 Å². The maximum absolute atomic E-state index is 4.87. The van der Waals surface area contributed by atoms with Gasteiger partial charge in [0.2, 0.25) is 0 Å². The molecule has 6 nitrogen and oxygen atoms in total. The SMILES string of the molecule is Cc1[c-]n(-c2cccc(C(C)(C)c3cccc(-n4[c-]c(C)c(C)n4)n3)n2)nc1C.[Pt+2]. The predicted octanol–water partition coefficient (Wildman–Crippen LogP) is 4.01. The molecule has 0 radical (unpaired) electrons. The molecule has 0 fully saturated rings. The molecule has 0 saturated carbocycles. The average molecular weight is 580 g/mol. The number of hydrogen-bond acceptors (Lipinski definition) is 4. The van der Waals surface area contributed by atoms with Crippen LogP contribution in [0.5, 0.6) is 0 Å². The second-order valence-corrected chi connectivity index (χ2v) is 7.86. The first-order valence-corrected chi connectivity index (χ1v) is 9.62. The molecule has 4 rings (SSSR count). The van der Waals surface area contributed by atoms with Gasteiger partial charge in [0.15, 0.2) is 0 Å². The zero-order valence-corrected chi connectivity index (χ0v) is 20.2. The van der Waals surface area contributed by atoms with Gasteiger partial charge in [-0.05, 0) is 37.4 Å². The van der Waals surface area contributed by atoms with Gasteiger partial charge in [-0.2, -0.15) is 0 Å². The summed E-state index contributed by atoms with van der Waals surface area (Å²) in [7, 11) is 0. The van der Waals surface area contributed by atoms with Gasteiger partial charge in [0, 0.05) is 16.8 Å². The summed E-state index contributed by atoms with van der Waals surface area (Å²) in [4.78, 5) is 9.73. The van der Waals surface area contributed by atoms with Crippen LogP contribution in [0.4, 0.5) is 0 Å². The number of hydrogen-bond donors (Lipinski definition) is 0. The molecule has 0 saturated heterocycles. The van der Waals surface area contributed by atoms with Gasteiger partial charge in [0.1, 0.15) is 0 Å². The fourth-order valence-electron chi connectivity index (χ4n) is 3.11. The van der Waals surface area contributed by atoms with E-state index in [1.807, 2.05) is 64.1 Å². The van der Waals surface area contributed by atoms with Crippen LogP contribution in [0.2, 0.25) is 0 Å². The van der Waals surface area contributed by atoms with E-state index in [0.29, 0.717) is 0 Å². The summed E-state index contributed by atoms with van der Waals surface area (Å²) in [5.41, 5.74) is 5.37. The third kappa shape index (κ3) is 4.01. The molecule has 0 amide bonds. The van der Waals surface area contributed by atoms with Gasteiger partial charge in [-0.15, -0.1) is 11.1 Å². The molecular formula is C23H24N6Pt. The molecule has 0 aromatic carbocycles. The normalized spacial score (nSPS) is 11.4. The van der Waals surface area contributed by atoms with E-state index in [9.17, 15) is 0 Å². The minimum Gasteiger partial charge on any atom is -0.343 e. The van der Waals surface area contributed by atoms with Crippen LogP contribution in [0.25, 0.3) is 11.6 Å². The molecule has 156 valence electrons. The largest absolute Gasteiger partial charge is 2.00 e. The van der Waals surface area contributed by atoms with Gasteiger partial charge in [-0.1, -0.05) is 64.4 Å². The van der Waals surface area contributed by atoms with E-state index in [1.54, 1.807) is 9.36 Å². The molecule has 4 aromatic rings. The summed E-state index contributed by atoms with van der Waals surface area (Å²) in [6.07, 6.45) is 6.46. The van der Waals surface area contributed by atoms with Crippen molar-refractivity contribution in [3.05, 3.63) is 82.7 Å². The molecule has 4 heterocycles. The van der Waals surface area contributed by atoms with E-state index in [0.717, 1.165) is 45.5 Å². The summed E-state index contributed by atoms with van der Waals surface area (Å²) in [5, 5.41) is 9.02. The van der Waals surface area contributed by atoms with Crippen molar-refractivity contribution in [2.75, 3.05) is 0 Å². The molecule has 7 heteroatoms. The third-order valence-corrected chi connectivity index (χ3v) is 5.32. The van der Waals surface area contributed by atoms with Crippen LogP contribution in [-0.4, -0.2) is 29.5 Å². The van der Waals surface area contributed by atoms with E-state index in [4.69, 9.17) is 9.97 Å². The zero-order chi connectivity index (χ0) is 20.8. The zero-order valence-electron chi connectivity index (χ0n) is 18.0. The van der Waals surface area contributed by atoms with Crippen molar-refractivity contribution in [1.29, 1.82) is 0 Å². The summed E-state index contributed by atoms with van der Waals surface area (Å²) in [6.45, 7) is 12.2. The van der Waals surface area contributed by atoms with Gasteiger partial charge < -0.3 is 9.36 Å². The number of rotatable bonds is 4. The fourth-order valence-corrected chi connectivity index (χ4v) is 3.11. The number of nitrogens with zero attached hydrogens (tertiary/aromatic N) is 6. The predicted molar refractivity (Wildman–Crippen MR) is 111 cm³/mol. The maximum atomic E-state index is 4.87. The van der Waals surface area contributed by atoms with Gasteiger partial charge in [0.25, 0.3) is 0 Å². The second kappa shape index (κ2) is 8.27. The Balaban J connectivity index is 0.00000256. The van der Waals surface area contributed by atoms with Crippen molar-refractivity contribution < 1.29 is 21.1 Å². The Hall–Kier alpha value is -2.59. The maximum Gasteiger partial charge on any atom is 2.00 e. The third-order valence-electron chi connectivity index (χ3n) is 5.32. The van der Waals surface area contributed by atoms with Crippen LogP contribution in [0.3, 0.4) is 0 Å². The quantitative estimate of drug-likeness (QED) is 0.343. The van der Waals surface area contributed by atoms with Crippen molar-refractivity contribution >= 4 is 0 Å². The van der Waals surface area contributed by atoms with Crippen LogP contribution >= 0.6 is 0 Å². The molecule has 0 N–H and O–H groups in total. The Kier molecular flexibility index (Phi) is 6.09. The monoisotopic (exact) mass is 579 g/mol. The molecule has 4 aromatic heterocycles. The van der Waals surface area contributed by atoms with Crippen molar-refractivity contribution in [2.24, 2.45) is 0 Å². The van der Waals surface area contributed by atoms with Crippen molar-refractivity contribution in [3.63, 3.8) is 0 Å². The summed E-state index contributed by atoms with van der Waals surface area (Å²) < 4.78 is 3.41. The molecule has 0 aliphatic heterocycles. The van der Waals surface area contributed by atoms with E-state index in [-0.39, 0.29) is 21.1 Å². The fraction of sp³-hybridized carbons (Fsp3) is 0.304.